The maximum Gasteiger partial charge on any atom is 3.00 e. The van der Waals surface area contributed by atoms with Crippen LogP contribution in [-0.2, 0) is 14.4 Å². The summed E-state index contributed by atoms with van der Waals surface area (Å²) in [5.41, 5.74) is 20.9. The third-order valence-corrected chi connectivity index (χ3v) is 3.02. The average Bonchev–Trinajstić information content (AvgIpc) is 2.46. The van der Waals surface area contributed by atoms with Gasteiger partial charge in [-0.05, 0) is 35.9 Å². The van der Waals surface area contributed by atoms with E-state index >= 15 is 0 Å². The van der Waals surface area contributed by atoms with Gasteiger partial charge in [0, 0.05) is 0 Å². The molecule has 0 aromatic carbocycles. The molecule has 0 saturated heterocycles. The van der Waals surface area contributed by atoms with Gasteiger partial charge in [0.15, 0.2) is 0 Å². The number of carboxylic acids is 3. The van der Waals surface area contributed by atoms with Crippen molar-refractivity contribution in [2.24, 2.45) is 17.8 Å². The summed E-state index contributed by atoms with van der Waals surface area (Å²) in [6.45, 7) is 11.4. The average molecular weight is 531 g/mol. The van der Waals surface area contributed by atoms with Gasteiger partial charge in [0.1, 0.15) is 0 Å². The first kappa shape index (κ1) is 35.1. The van der Waals surface area contributed by atoms with Crippen LogP contribution in [0.5, 0.6) is 0 Å². The number of hydrogen-bond acceptors (Lipinski definition) is 3. The number of aliphatic carboxylic acids is 3. The van der Waals surface area contributed by atoms with Gasteiger partial charge in [-0.15, -0.1) is 0 Å². The first-order chi connectivity index (χ1) is 12.1. The molecule has 0 amide bonds. The molecule has 0 aliphatic heterocycles. The van der Waals surface area contributed by atoms with Gasteiger partial charge in [0.05, 0.1) is 0 Å². The first-order valence-electron chi connectivity index (χ1n) is 8.93. The Kier molecular flexibility index (Phi) is 25.0. The zero-order valence-electron chi connectivity index (χ0n) is 17.7. The molecule has 9 nitrogen and oxygen atoms in total. The van der Waals surface area contributed by atoms with Crippen LogP contribution >= 0.6 is 0 Å². The van der Waals surface area contributed by atoms with Crippen molar-refractivity contribution in [2.45, 2.75) is 78.9 Å². The van der Waals surface area contributed by atoms with E-state index < -0.39 is 36.0 Å². The molecule has 0 aromatic heterocycles. The third-order valence-electron chi connectivity index (χ3n) is 3.02. The van der Waals surface area contributed by atoms with Crippen LogP contribution in [0.3, 0.4) is 0 Å². The van der Waals surface area contributed by atoms with Crippen molar-refractivity contribution in [1.29, 1.82) is 0 Å². The fourth-order valence-corrected chi connectivity index (χ4v) is 1.72. The van der Waals surface area contributed by atoms with E-state index in [0.717, 1.165) is 0 Å². The monoisotopic (exact) mass is 531 g/mol. The van der Waals surface area contributed by atoms with E-state index in [4.69, 9.17) is 32.5 Å². The Labute approximate surface area is 201 Å². The summed E-state index contributed by atoms with van der Waals surface area (Å²) in [7, 11) is 0. The molecule has 0 rings (SSSR count). The largest absolute Gasteiger partial charge is 3.00 e. The third kappa shape index (κ3) is 27.9. The Morgan fingerprint density at radius 1 is 0.571 bits per heavy atom. The van der Waals surface area contributed by atoms with Gasteiger partial charge in [-0.1, -0.05) is 60.8 Å². The molecule has 3 atom stereocenters. The Morgan fingerprint density at radius 3 is 0.750 bits per heavy atom. The molecule has 0 aromatic rings. The van der Waals surface area contributed by atoms with E-state index in [1.807, 2.05) is 41.5 Å². The van der Waals surface area contributed by atoms with E-state index in [9.17, 15) is 14.4 Å². The van der Waals surface area contributed by atoms with Gasteiger partial charge in [-0.25, -0.2) is 0 Å². The van der Waals surface area contributed by atoms with Gasteiger partial charge in [0.25, 0.3) is 17.9 Å². The molecule has 0 fully saturated rings. The molecule has 0 spiro atoms. The summed E-state index contributed by atoms with van der Waals surface area (Å²) in [5, 5.41) is 24.7. The second kappa shape index (κ2) is 19.9. The van der Waals surface area contributed by atoms with Crippen molar-refractivity contribution < 1.29 is 71.0 Å². The standard InChI is InChI=1S/3C6H12NO2.Pr/c3*1-4(2)3-5(7)6(8)9;/h3*4-5,7H,3H2,1-2H3,(H,8,9);/q3*-1;+3. The zero-order chi connectivity index (χ0) is 22.3. The summed E-state index contributed by atoms with van der Waals surface area (Å²) in [5.74, 6) is -2.19. The van der Waals surface area contributed by atoms with Gasteiger partial charge < -0.3 is 32.5 Å². The Balaban J connectivity index is -0.000000152. The van der Waals surface area contributed by atoms with Crippen molar-refractivity contribution in [3.05, 3.63) is 17.2 Å². The molecule has 0 heterocycles. The molecule has 0 aliphatic carbocycles. The number of carbonyl (C=O) groups is 3. The van der Waals surface area contributed by atoms with Gasteiger partial charge in [-0.3, -0.25) is 14.4 Å². The number of nitrogens with one attached hydrogen (secondary N) is 3. The molecule has 10 heteroatoms. The van der Waals surface area contributed by atoms with Crippen molar-refractivity contribution in [3.63, 3.8) is 0 Å². The quantitative estimate of drug-likeness (QED) is 0.390. The summed E-state index contributed by atoms with van der Waals surface area (Å²) >= 11 is 0. The van der Waals surface area contributed by atoms with Crippen LogP contribution in [0.1, 0.15) is 60.8 Å². The molecule has 0 radical (unpaired) electrons. The van der Waals surface area contributed by atoms with Crippen LogP contribution in [0.25, 0.3) is 17.2 Å². The normalized spacial score (nSPS) is 13.3. The van der Waals surface area contributed by atoms with Crippen molar-refractivity contribution in [2.75, 3.05) is 0 Å². The van der Waals surface area contributed by atoms with E-state index in [-0.39, 0.29) is 41.3 Å². The van der Waals surface area contributed by atoms with E-state index in [1.165, 1.54) is 0 Å². The van der Waals surface area contributed by atoms with E-state index in [1.54, 1.807) is 0 Å². The zero-order valence-corrected chi connectivity index (χ0v) is 21.4. The Bertz CT molecular complexity index is 372. The summed E-state index contributed by atoms with van der Waals surface area (Å²) in [6, 6.07) is -2.82. The summed E-state index contributed by atoms with van der Waals surface area (Å²) in [4.78, 5) is 30.1. The van der Waals surface area contributed by atoms with Crippen LogP contribution in [0, 0.1) is 59.0 Å². The van der Waals surface area contributed by atoms with E-state index in [0.29, 0.717) is 37.0 Å². The first-order valence-corrected chi connectivity index (χ1v) is 8.93. The molecule has 28 heavy (non-hydrogen) atoms. The van der Waals surface area contributed by atoms with Crippen LogP contribution in [-0.4, -0.2) is 51.4 Å². The number of hydrogen-bond donors (Lipinski definition) is 3. The molecule has 6 N–H and O–H groups in total. The summed E-state index contributed by atoms with van der Waals surface area (Å²) < 4.78 is 0. The molecule has 0 bridgehead atoms. The van der Waals surface area contributed by atoms with Gasteiger partial charge in [-0.2, -0.15) is 0 Å². The molecule has 0 saturated carbocycles. The maximum atomic E-state index is 10.0. The smallest absolute Gasteiger partial charge is 0.665 e. The Hall–Kier alpha value is -0.346. The molecular formula is C18H36N3O6Pr. The topological polar surface area (TPSA) is 183 Å². The minimum atomic E-state index is -1.02. The molecule has 3 unspecified atom stereocenters. The second-order valence-corrected chi connectivity index (χ2v) is 7.56. The fourth-order valence-electron chi connectivity index (χ4n) is 1.72. The van der Waals surface area contributed by atoms with Crippen LogP contribution in [0.15, 0.2) is 0 Å². The van der Waals surface area contributed by atoms with Crippen molar-refractivity contribution >= 4 is 17.9 Å². The molecule has 0 aliphatic rings. The SMILES string of the molecule is CC(C)CC([NH-])C(=O)O.CC(C)CC([NH-])C(=O)O.CC(C)CC([NH-])C(=O)O.[Pr+3]. The minimum absolute atomic E-state index is 0. The predicted molar refractivity (Wildman–Crippen MR) is 106 cm³/mol. The van der Waals surface area contributed by atoms with Crippen LogP contribution in [0.4, 0.5) is 0 Å². The van der Waals surface area contributed by atoms with Crippen molar-refractivity contribution in [1.82, 2.24) is 0 Å². The second-order valence-electron chi connectivity index (χ2n) is 7.56. The molecule has 162 valence electrons. The number of carboxylic acid groups (broad SMARTS) is 3. The predicted octanol–water partition coefficient (Wildman–Crippen LogP) is 4.61. The van der Waals surface area contributed by atoms with Crippen molar-refractivity contribution in [3.8, 4) is 0 Å². The van der Waals surface area contributed by atoms with Gasteiger partial charge in [0.2, 0.25) is 0 Å². The fraction of sp³-hybridized carbons (Fsp3) is 0.833. The summed E-state index contributed by atoms with van der Waals surface area (Å²) in [6.07, 6.45) is 1.32. The van der Waals surface area contributed by atoms with Gasteiger partial charge >= 0.3 is 41.3 Å². The van der Waals surface area contributed by atoms with Crippen LogP contribution in [0.2, 0.25) is 0 Å². The Morgan fingerprint density at radius 2 is 0.714 bits per heavy atom. The minimum Gasteiger partial charge on any atom is -0.665 e. The number of rotatable bonds is 9. The van der Waals surface area contributed by atoms with Crippen LogP contribution < -0.4 is 0 Å². The maximum absolute atomic E-state index is 10.0. The molecular weight excluding hydrogens is 495 g/mol. The van der Waals surface area contributed by atoms with E-state index in [2.05, 4.69) is 0 Å².